The highest BCUT2D eigenvalue weighted by Crippen LogP contribution is 2.35. The zero-order valence-electron chi connectivity index (χ0n) is 55.9. The van der Waals surface area contributed by atoms with Crippen LogP contribution in [0.3, 0.4) is 0 Å². The molecule has 0 amide bonds. The van der Waals surface area contributed by atoms with Crippen molar-refractivity contribution in [3.63, 3.8) is 0 Å². The Labute approximate surface area is 517 Å². The molecular weight excluding hydrogens is 952 g/mol. The second-order valence-corrected chi connectivity index (χ2v) is 26.2. The topological polar surface area (TPSA) is 3.24 Å². The maximum Gasteiger partial charge on any atom is 0.141 e. The standard InChI is InChI=1S/C52H64B29N/c53-10-1-7(2-11(54)21(10)26-42(71)50(79)52(81)51(80)43(26)72)82(16-5-13(56)18(35(64)32(16)61)9-4-12(55)22-25-29(41(70)40(69)27(22)30(9)59)45(74)49(78)47(76)39(25)68)17-6-14(57)23(37(66)33(17)62)19-8-3-15(58)31(60)36(65)20(8)24-28(34(19)63)44(73)48(77)46(75)38(24)67/h1-6H,53-81H2. The van der Waals surface area contributed by atoms with Gasteiger partial charge in [0, 0.05) is 17.1 Å². The molecule has 0 fully saturated rings. The minimum Gasteiger partial charge on any atom is -0.312 e. The highest BCUT2D eigenvalue weighted by molar-refractivity contribution is 6.76. The molecule has 0 bridgehead atoms. The quantitative estimate of drug-likeness (QED) is 0.119. The van der Waals surface area contributed by atoms with Crippen molar-refractivity contribution in [2.45, 2.75) is 0 Å². The van der Waals surface area contributed by atoms with Crippen molar-refractivity contribution in [3.8, 4) is 33.4 Å². The lowest BCUT2D eigenvalue weighted by Gasteiger charge is -2.35. The average molecular weight is 1020 g/mol. The number of fused-ring (bicyclic) bond motifs is 6. The molecule has 0 aliphatic heterocycles. The number of benzene rings is 10. The zero-order chi connectivity index (χ0) is 60.4. The summed E-state index contributed by atoms with van der Waals surface area (Å²) in [4.78, 5) is 2.64. The first-order chi connectivity index (χ1) is 38.3. The molecule has 0 saturated carbocycles. The predicted molar refractivity (Wildman–Crippen MR) is 465 cm³/mol. The second-order valence-electron chi connectivity index (χ2n) is 26.2. The van der Waals surface area contributed by atoms with Crippen molar-refractivity contribution >= 4 is 446 Å². The van der Waals surface area contributed by atoms with Crippen LogP contribution in [0.15, 0.2) is 36.4 Å². The molecule has 364 valence electrons. The van der Waals surface area contributed by atoms with E-state index in [-0.39, 0.29) is 0 Å². The molecule has 0 N–H and O–H groups in total. The zero-order valence-corrected chi connectivity index (χ0v) is 55.9. The first-order valence-corrected chi connectivity index (χ1v) is 30.4. The van der Waals surface area contributed by atoms with E-state index in [9.17, 15) is 0 Å². The van der Waals surface area contributed by atoms with E-state index in [0.29, 0.717) is 0 Å². The Morgan fingerprint density at radius 1 is 0.183 bits per heavy atom. The monoisotopic (exact) mass is 1020 g/mol. The summed E-state index contributed by atoms with van der Waals surface area (Å²) in [5.74, 6) is 0. The van der Waals surface area contributed by atoms with Gasteiger partial charge in [-0.25, -0.2) is 0 Å². The summed E-state index contributed by atoms with van der Waals surface area (Å²) in [6, 6.07) is 15.1. The Hall–Kier alpha value is -5.08. The van der Waals surface area contributed by atoms with Gasteiger partial charge in [0.05, 0.1) is 0 Å². The Balaban J connectivity index is 1.28. The van der Waals surface area contributed by atoms with Crippen molar-refractivity contribution in [2.24, 2.45) is 0 Å². The van der Waals surface area contributed by atoms with Gasteiger partial charge in [-0.3, -0.25) is 0 Å². The number of hydrogen-bond donors (Lipinski definition) is 0. The number of anilines is 3. The summed E-state index contributed by atoms with van der Waals surface area (Å²) >= 11 is 0. The van der Waals surface area contributed by atoms with E-state index in [2.05, 4.69) is 269 Å². The van der Waals surface area contributed by atoms with Crippen molar-refractivity contribution in [3.05, 3.63) is 36.4 Å². The van der Waals surface area contributed by atoms with E-state index in [1.54, 1.807) is 0 Å². The molecule has 0 saturated heterocycles. The summed E-state index contributed by atoms with van der Waals surface area (Å²) in [6.45, 7) is 0. The average Bonchev–Trinajstić information content (AvgIpc) is 3.45. The molecule has 0 spiro atoms. The van der Waals surface area contributed by atoms with E-state index in [1.807, 2.05) is 0 Å². The third-order valence-corrected chi connectivity index (χ3v) is 22.3. The Morgan fingerprint density at radius 3 is 1.01 bits per heavy atom. The van der Waals surface area contributed by atoms with Crippen LogP contribution in [-0.2, 0) is 0 Å². The van der Waals surface area contributed by atoms with Crippen LogP contribution in [0.25, 0.3) is 76.5 Å². The smallest absolute Gasteiger partial charge is 0.141 e. The van der Waals surface area contributed by atoms with Crippen molar-refractivity contribution in [2.75, 3.05) is 4.90 Å². The first kappa shape index (κ1) is 60.1. The fourth-order valence-electron chi connectivity index (χ4n) is 15.9. The fourth-order valence-corrected chi connectivity index (χ4v) is 15.9. The van der Waals surface area contributed by atoms with Crippen molar-refractivity contribution < 1.29 is 0 Å². The summed E-state index contributed by atoms with van der Waals surface area (Å²) in [7, 11) is 68.2. The molecule has 1 nitrogen and oxygen atoms in total. The van der Waals surface area contributed by atoms with E-state index >= 15 is 0 Å². The van der Waals surface area contributed by atoms with Gasteiger partial charge in [-0.2, -0.15) is 0 Å². The maximum absolute atomic E-state index is 2.64. The summed E-state index contributed by atoms with van der Waals surface area (Å²) in [5.41, 5.74) is 51.5. The van der Waals surface area contributed by atoms with Gasteiger partial charge in [-0.15, -0.1) is 43.7 Å². The minimum absolute atomic E-state index is 1.19. The molecule has 0 aliphatic rings. The minimum atomic E-state index is 1.19. The summed E-state index contributed by atoms with van der Waals surface area (Å²) in [6.07, 6.45) is 0. The van der Waals surface area contributed by atoms with Crippen LogP contribution in [0.4, 0.5) is 17.1 Å². The molecule has 0 radical (unpaired) electrons. The number of hydrogen-bond acceptors (Lipinski definition) is 1. The van der Waals surface area contributed by atoms with Gasteiger partial charge in [-0.1, -0.05) is 127 Å². The van der Waals surface area contributed by atoms with Gasteiger partial charge >= 0.3 is 0 Å². The van der Waals surface area contributed by atoms with Crippen LogP contribution in [0.5, 0.6) is 0 Å². The van der Waals surface area contributed by atoms with Crippen LogP contribution < -0.4 is 163 Å². The largest absolute Gasteiger partial charge is 0.312 e. The summed E-state index contributed by atoms with van der Waals surface area (Å²) in [5, 5.41) is 11.3. The lowest BCUT2D eigenvalue weighted by atomic mass is 9.58. The molecule has 10 rings (SSSR count). The maximum atomic E-state index is 2.64. The lowest BCUT2D eigenvalue weighted by molar-refractivity contribution is 1.32. The van der Waals surface area contributed by atoms with E-state index < -0.39 is 0 Å². The SMILES string of the molecule is Bc1cc2c(-c3c(B)cc(N(c4cc(B)c(-c5c(B)c(B)c(B)c(B)c5B)c(B)c4)c4cc(B)c(-c5cc(B)c6c(c5B)c(B)c(B)c5c(B)c(B)c(B)c(B)c56)c(B)c4B)c(B)c3B)c(B)c3c(B)c(B)c(B)c(B)c3c2c(B)c1B. The molecule has 10 aromatic carbocycles. The van der Waals surface area contributed by atoms with E-state index in [1.165, 1.54) is 252 Å². The second kappa shape index (κ2) is 21.2. The predicted octanol–water partition coefficient (Wildman–Crippen LogP) is -35.7. The Kier molecular flexibility index (Phi) is 15.5. The molecule has 0 aliphatic carbocycles. The molecule has 0 atom stereocenters. The lowest BCUT2D eigenvalue weighted by Crippen LogP contribution is -2.56. The normalized spacial score (nSPS) is 11.6. The van der Waals surface area contributed by atoms with Gasteiger partial charge in [0.25, 0.3) is 0 Å². The molecule has 10 aromatic rings. The highest BCUT2D eigenvalue weighted by atomic mass is 15.1. The Bertz CT molecular complexity index is 4580. The first-order valence-electron chi connectivity index (χ1n) is 30.4. The highest BCUT2D eigenvalue weighted by Gasteiger charge is 2.29. The van der Waals surface area contributed by atoms with Gasteiger partial charge in [0.2, 0.25) is 0 Å². The van der Waals surface area contributed by atoms with Crippen molar-refractivity contribution in [1.82, 2.24) is 0 Å². The molecular formula is C52H64B29N. The van der Waals surface area contributed by atoms with E-state index in [4.69, 9.17) is 0 Å². The van der Waals surface area contributed by atoms with Gasteiger partial charge in [0.1, 0.15) is 228 Å². The third-order valence-electron chi connectivity index (χ3n) is 22.3. The van der Waals surface area contributed by atoms with Crippen LogP contribution >= 0.6 is 0 Å². The van der Waals surface area contributed by atoms with Gasteiger partial charge in [-0.05, 0) is 101 Å². The van der Waals surface area contributed by atoms with Crippen LogP contribution in [0, 0.1) is 0 Å². The third kappa shape index (κ3) is 8.54. The Morgan fingerprint density at radius 2 is 0.524 bits per heavy atom. The van der Waals surface area contributed by atoms with Crippen molar-refractivity contribution in [1.29, 1.82) is 0 Å². The number of rotatable bonds is 6. The van der Waals surface area contributed by atoms with Crippen LogP contribution in [0.1, 0.15) is 0 Å². The van der Waals surface area contributed by atoms with Crippen LogP contribution in [-0.4, -0.2) is 228 Å². The number of nitrogens with zero attached hydrogens (tertiary/aromatic N) is 1. The molecule has 0 heterocycles. The molecule has 82 heavy (non-hydrogen) atoms. The fraction of sp³-hybridized carbons (Fsp3) is 0. The molecule has 30 heteroatoms. The van der Waals surface area contributed by atoms with Gasteiger partial charge < -0.3 is 4.90 Å². The molecule has 0 aromatic heterocycles. The van der Waals surface area contributed by atoms with Crippen LogP contribution in [0.2, 0.25) is 0 Å². The van der Waals surface area contributed by atoms with Gasteiger partial charge in [0.15, 0.2) is 0 Å². The van der Waals surface area contributed by atoms with E-state index in [0.717, 1.165) is 0 Å². The summed E-state index contributed by atoms with van der Waals surface area (Å²) < 4.78 is 0. The molecule has 0 unspecified atom stereocenters.